The molecule has 0 atom stereocenters. The molecule has 0 saturated carbocycles. The molecule has 1 aromatic carbocycles. The van der Waals surface area contributed by atoms with Crippen LogP contribution in [0.2, 0.25) is 0 Å². The van der Waals surface area contributed by atoms with Gasteiger partial charge in [0.15, 0.2) is 11.5 Å². The first-order valence-electron chi connectivity index (χ1n) is 9.14. The number of fused-ring (bicyclic) bond motifs is 1. The first kappa shape index (κ1) is 17.8. The third-order valence-electron chi connectivity index (χ3n) is 5.17. The lowest BCUT2D eigenvalue weighted by Crippen LogP contribution is -2.46. The Kier molecular flexibility index (Phi) is 5.63. The van der Waals surface area contributed by atoms with Gasteiger partial charge in [0, 0.05) is 31.7 Å². The summed E-state index contributed by atoms with van der Waals surface area (Å²) in [4.78, 5) is 17.3. The van der Waals surface area contributed by atoms with E-state index in [2.05, 4.69) is 11.8 Å². The average molecular weight is 344 g/mol. The average Bonchev–Trinajstić information content (AvgIpc) is 2.66. The SMILES string of the molecule is CCCN1CCC(N(C)C(=O)C2=Cc3cccc(OC)c3OC2)CC1. The summed E-state index contributed by atoms with van der Waals surface area (Å²) >= 11 is 0. The van der Waals surface area contributed by atoms with Crippen LogP contribution < -0.4 is 9.47 Å². The Morgan fingerprint density at radius 3 is 2.80 bits per heavy atom. The number of likely N-dealkylation sites (N-methyl/N-ethyl adjacent to an activating group) is 1. The third-order valence-corrected chi connectivity index (χ3v) is 5.17. The van der Waals surface area contributed by atoms with Gasteiger partial charge in [0.1, 0.15) is 6.61 Å². The summed E-state index contributed by atoms with van der Waals surface area (Å²) in [6, 6.07) is 6.05. The highest BCUT2D eigenvalue weighted by molar-refractivity contribution is 5.99. The number of rotatable bonds is 5. The third kappa shape index (κ3) is 3.82. The number of para-hydroxylation sites is 1. The number of piperidine rings is 1. The highest BCUT2D eigenvalue weighted by Crippen LogP contribution is 2.35. The number of likely N-dealkylation sites (tertiary alicyclic amines) is 1. The Labute approximate surface area is 150 Å². The normalized spacial score (nSPS) is 18.1. The van der Waals surface area contributed by atoms with Crippen LogP contribution in [0.1, 0.15) is 31.7 Å². The predicted molar refractivity (Wildman–Crippen MR) is 99.0 cm³/mol. The Hall–Kier alpha value is -2.01. The van der Waals surface area contributed by atoms with E-state index in [9.17, 15) is 4.79 Å². The van der Waals surface area contributed by atoms with Crippen molar-refractivity contribution in [2.45, 2.75) is 32.2 Å². The number of carbonyl (C=O) groups is 1. The smallest absolute Gasteiger partial charge is 0.253 e. The summed E-state index contributed by atoms with van der Waals surface area (Å²) in [5, 5.41) is 0. The zero-order chi connectivity index (χ0) is 17.8. The maximum atomic E-state index is 12.9. The number of benzene rings is 1. The zero-order valence-corrected chi connectivity index (χ0v) is 15.5. The second-order valence-corrected chi connectivity index (χ2v) is 6.83. The van der Waals surface area contributed by atoms with Gasteiger partial charge in [0.2, 0.25) is 0 Å². The molecule has 2 aliphatic rings. The Bertz CT molecular complexity index is 648. The van der Waals surface area contributed by atoms with E-state index in [0.717, 1.165) is 43.8 Å². The molecule has 1 amide bonds. The van der Waals surface area contributed by atoms with E-state index >= 15 is 0 Å². The van der Waals surface area contributed by atoms with Crippen molar-refractivity contribution in [2.75, 3.05) is 40.4 Å². The number of hydrogen-bond donors (Lipinski definition) is 0. The van der Waals surface area contributed by atoms with E-state index in [1.54, 1.807) is 7.11 Å². The summed E-state index contributed by atoms with van der Waals surface area (Å²) < 4.78 is 11.1. The Morgan fingerprint density at radius 2 is 2.12 bits per heavy atom. The highest BCUT2D eigenvalue weighted by Gasteiger charge is 2.28. The first-order chi connectivity index (χ1) is 12.1. The zero-order valence-electron chi connectivity index (χ0n) is 15.5. The first-order valence-corrected chi connectivity index (χ1v) is 9.14. The van der Waals surface area contributed by atoms with Gasteiger partial charge in [-0.2, -0.15) is 0 Å². The molecular weight excluding hydrogens is 316 g/mol. The maximum Gasteiger partial charge on any atom is 0.253 e. The van der Waals surface area contributed by atoms with Crippen LogP contribution in [-0.2, 0) is 4.79 Å². The van der Waals surface area contributed by atoms with Crippen molar-refractivity contribution in [1.29, 1.82) is 0 Å². The number of carbonyl (C=O) groups excluding carboxylic acids is 1. The standard InChI is InChI=1S/C20H28N2O3/c1-4-10-22-11-8-17(9-12-22)21(2)20(23)16-13-15-6-5-7-18(24-3)19(15)25-14-16/h5-7,13,17H,4,8-12,14H2,1-3H3. The van der Waals surface area contributed by atoms with Crippen LogP contribution in [0, 0.1) is 0 Å². The minimum Gasteiger partial charge on any atom is -0.493 e. The molecule has 2 heterocycles. The quantitative estimate of drug-likeness (QED) is 0.824. The fourth-order valence-electron chi connectivity index (χ4n) is 3.70. The monoisotopic (exact) mass is 344 g/mol. The van der Waals surface area contributed by atoms with Gasteiger partial charge in [-0.25, -0.2) is 0 Å². The predicted octanol–water partition coefficient (Wildman–Crippen LogP) is 2.80. The number of amides is 1. The van der Waals surface area contributed by atoms with Crippen molar-refractivity contribution >= 4 is 12.0 Å². The molecule has 1 aromatic rings. The number of methoxy groups -OCH3 is 1. The van der Waals surface area contributed by atoms with Crippen molar-refractivity contribution in [3.8, 4) is 11.5 Å². The van der Waals surface area contributed by atoms with Crippen LogP contribution in [0.15, 0.2) is 23.8 Å². The molecule has 136 valence electrons. The summed E-state index contributed by atoms with van der Waals surface area (Å²) in [7, 11) is 3.55. The van der Waals surface area contributed by atoms with Crippen molar-refractivity contribution in [1.82, 2.24) is 9.80 Å². The van der Waals surface area contributed by atoms with Crippen molar-refractivity contribution in [2.24, 2.45) is 0 Å². The molecule has 5 heteroatoms. The van der Waals surface area contributed by atoms with E-state index in [1.165, 1.54) is 6.42 Å². The Morgan fingerprint density at radius 1 is 1.36 bits per heavy atom. The van der Waals surface area contributed by atoms with Gasteiger partial charge < -0.3 is 19.3 Å². The summed E-state index contributed by atoms with van der Waals surface area (Å²) in [6.07, 6.45) is 5.21. The molecule has 1 saturated heterocycles. The second kappa shape index (κ2) is 7.91. The number of ether oxygens (including phenoxy) is 2. The summed E-state index contributed by atoms with van der Waals surface area (Å²) in [6.45, 7) is 5.81. The van der Waals surface area contributed by atoms with E-state index in [1.807, 2.05) is 36.2 Å². The lowest BCUT2D eigenvalue weighted by atomic mass is 10.0. The van der Waals surface area contributed by atoms with E-state index in [4.69, 9.17) is 9.47 Å². The maximum absolute atomic E-state index is 12.9. The van der Waals surface area contributed by atoms with E-state index in [-0.39, 0.29) is 5.91 Å². The molecule has 0 bridgehead atoms. The van der Waals surface area contributed by atoms with E-state index in [0.29, 0.717) is 24.0 Å². The minimum absolute atomic E-state index is 0.0717. The van der Waals surface area contributed by atoms with Crippen LogP contribution in [0.3, 0.4) is 0 Å². The van der Waals surface area contributed by atoms with Crippen molar-refractivity contribution in [3.05, 3.63) is 29.3 Å². The van der Waals surface area contributed by atoms with Gasteiger partial charge in [-0.1, -0.05) is 19.1 Å². The van der Waals surface area contributed by atoms with Crippen molar-refractivity contribution in [3.63, 3.8) is 0 Å². The van der Waals surface area contributed by atoms with Crippen LogP contribution in [0.4, 0.5) is 0 Å². The molecule has 0 radical (unpaired) electrons. The van der Waals surface area contributed by atoms with Gasteiger partial charge in [-0.05, 0) is 37.9 Å². The molecule has 3 rings (SSSR count). The van der Waals surface area contributed by atoms with Gasteiger partial charge in [-0.15, -0.1) is 0 Å². The lowest BCUT2D eigenvalue weighted by Gasteiger charge is -2.37. The second-order valence-electron chi connectivity index (χ2n) is 6.83. The van der Waals surface area contributed by atoms with Gasteiger partial charge >= 0.3 is 0 Å². The van der Waals surface area contributed by atoms with Crippen LogP contribution in [-0.4, -0.2) is 62.1 Å². The topological polar surface area (TPSA) is 42.0 Å². The van der Waals surface area contributed by atoms with Gasteiger partial charge in [-0.3, -0.25) is 4.79 Å². The summed E-state index contributed by atoms with van der Waals surface area (Å²) in [5.74, 6) is 1.50. The molecule has 5 nitrogen and oxygen atoms in total. The lowest BCUT2D eigenvalue weighted by molar-refractivity contribution is -0.129. The molecule has 25 heavy (non-hydrogen) atoms. The molecule has 0 aromatic heterocycles. The van der Waals surface area contributed by atoms with Crippen LogP contribution in [0.25, 0.3) is 6.08 Å². The molecule has 2 aliphatic heterocycles. The van der Waals surface area contributed by atoms with Gasteiger partial charge in [0.05, 0.1) is 12.7 Å². The molecule has 0 aliphatic carbocycles. The van der Waals surface area contributed by atoms with Gasteiger partial charge in [0.25, 0.3) is 5.91 Å². The van der Waals surface area contributed by atoms with E-state index < -0.39 is 0 Å². The van der Waals surface area contributed by atoms with Crippen molar-refractivity contribution < 1.29 is 14.3 Å². The summed E-state index contributed by atoms with van der Waals surface area (Å²) in [5.41, 5.74) is 1.61. The molecular formula is C20H28N2O3. The molecule has 0 N–H and O–H groups in total. The highest BCUT2D eigenvalue weighted by atomic mass is 16.5. The number of hydrogen-bond acceptors (Lipinski definition) is 4. The minimum atomic E-state index is 0.0717. The fraction of sp³-hybridized carbons (Fsp3) is 0.550. The van der Waals surface area contributed by atoms with Crippen LogP contribution >= 0.6 is 0 Å². The number of nitrogens with zero attached hydrogens (tertiary/aromatic N) is 2. The Balaban J connectivity index is 1.68. The molecule has 1 fully saturated rings. The fourth-order valence-corrected chi connectivity index (χ4v) is 3.70. The molecule has 0 spiro atoms. The molecule has 0 unspecified atom stereocenters. The van der Waals surface area contributed by atoms with Crippen LogP contribution in [0.5, 0.6) is 11.5 Å². The largest absolute Gasteiger partial charge is 0.493 e.